The van der Waals surface area contributed by atoms with Crippen LogP contribution in [0.2, 0.25) is 0 Å². The second kappa shape index (κ2) is 7.27. The number of benzene rings is 2. The predicted octanol–water partition coefficient (Wildman–Crippen LogP) is 4.71. The zero-order valence-electron chi connectivity index (χ0n) is 14.9. The van der Waals surface area contributed by atoms with Crippen molar-refractivity contribution in [3.05, 3.63) is 82.8 Å². The van der Waals surface area contributed by atoms with E-state index < -0.39 is 0 Å². The summed E-state index contributed by atoms with van der Waals surface area (Å²) in [6.45, 7) is 5.82. The van der Waals surface area contributed by atoms with Gasteiger partial charge in [0.2, 0.25) is 0 Å². The van der Waals surface area contributed by atoms with E-state index in [1.807, 2.05) is 39.0 Å². The average Bonchev–Trinajstić information content (AvgIpc) is 3.14. The molecule has 0 saturated heterocycles. The van der Waals surface area contributed by atoms with Crippen LogP contribution in [0.4, 0.5) is 11.4 Å². The first-order chi connectivity index (χ1) is 12.4. The minimum atomic E-state index is -0.356. The normalized spacial score (nSPS) is 10.4. The van der Waals surface area contributed by atoms with Crippen LogP contribution in [0.3, 0.4) is 0 Å². The molecule has 26 heavy (non-hydrogen) atoms. The lowest BCUT2D eigenvalue weighted by Crippen LogP contribution is -2.15. The van der Waals surface area contributed by atoms with Gasteiger partial charge in [-0.2, -0.15) is 0 Å². The van der Waals surface area contributed by atoms with Crippen molar-refractivity contribution in [2.24, 2.45) is 0 Å². The highest BCUT2D eigenvalue weighted by molar-refractivity contribution is 6.07. The summed E-state index contributed by atoms with van der Waals surface area (Å²) < 4.78 is 5.10. The summed E-state index contributed by atoms with van der Waals surface area (Å²) in [5, 5.41) is 5.69. The van der Waals surface area contributed by atoms with E-state index in [0.717, 1.165) is 22.4 Å². The highest BCUT2D eigenvalue weighted by atomic mass is 16.3. The molecule has 0 aliphatic carbocycles. The number of aryl methyl sites for hydroxylation is 3. The Hall–Kier alpha value is -3.34. The molecule has 3 aromatic rings. The Morgan fingerprint density at radius 3 is 2.27 bits per heavy atom. The maximum absolute atomic E-state index is 12.6. The van der Waals surface area contributed by atoms with Gasteiger partial charge in [-0.05, 0) is 62.2 Å². The summed E-state index contributed by atoms with van der Waals surface area (Å²) in [6.07, 6.45) is 1.44. The smallest absolute Gasteiger partial charge is 0.291 e. The van der Waals surface area contributed by atoms with Gasteiger partial charge >= 0.3 is 0 Å². The molecule has 0 spiro atoms. The van der Waals surface area contributed by atoms with E-state index in [0.29, 0.717) is 11.3 Å². The number of rotatable bonds is 4. The van der Waals surface area contributed by atoms with E-state index in [4.69, 9.17) is 4.42 Å². The fraction of sp³-hybridized carbons (Fsp3) is 0.143. The molecule has 3 rings (SSSR count). The Morgan fingerprint density at radius 1 is 0.808 bits per heavy atom. The summed E-state index contributed by atoms with van der Waals surface area (Å²) >= 11 is 0. The Labute approximate surface area is 152 Å². The van der Waals surface area contributed by atoms with Crippen molar-refractivity contribution < 1.29 is 14.0 Å². The number of nitrogens with one attached hydrogen (secondary N) is 2. The Kier molecular flexibility index (Phi) is 4.89. The molecule has 0 atom stereocenters. The maximum Gasteiger partial charge on any atom is 0.291 e. The summed E-state index contributed by atoms with van der Waals surface area (Å²) in [4.78, 5) is 24.8. The van der Waals surface area contributed by atoms with Crippen molar-refractivity contribution in [1.82, 2.24) is 0 Å². The molecular weight excluding hydrogens is 328 g/mol. The van der Waals surface area contributed by atoms with Crippen molar-refractivity contribution in [2.75, 3.05) is 10.6 Å². The molecule has 5 heteroatoms. The van der Waals surface area contributed by atoms with Crippen LogP contribution in [0, 0.1) is 20.8 Å². The lowest BCUT2D eigenvalue weighted by atomic mass is 10.1. The standard InChI is InChI=1S/C21H20N2O3/c1-13-6-9-17(15(3)11-13)22-20(24)16-8-7-14(2)18(12-16)23-21(25)19-5-4-10-26-19/h4-12H,1-3H3,(H,22,24)(H,23,25). The second-order valence-electron chi connectivity index (χ2n) is 6.23. The number of hydrogen-bond acceptors (Lipinski definition) is 3. The third-order valence-corrected chi connectivity index (χ3v) is 4.12. The van der Waals surface area contributed by atoms with E-state index in [-0.39, 0.29) is 17.6 Å². The van der Waals surface area contributed by atoms with Gasteiger partial charge in [-0.25, -0.2) is 0 Å². The van der Waals surface area contributed by atoms with Gasteiger partial charge in [0.15, 0.2) is 5.76 Å². The zero-order chi connectivity index (χ0) is 18.7. The van der Waals surface area contributed by atoms with Gasteiger partial charge in [-0.1, -0.05) is 23.8 Å². The van der Waals surface area contributed by atoms with Gasteiger partial charge in [0, 0.05) is 16.9 Å². The minimum absolute atomic E-state index is 0.217. The summed E-state index contributed by atoms with van der Waals surface area (Å²) in [6, 6.07) is 14.3. The molecule has 1 aromatic heterocycles. The van der Waals surface area contributed by atoms with Crippen molar-refractivity contribution in [1.29, 1.82) is 0 Å². The van der Waals surface area contributed by atoms with Gasteiger partial charge in [-0.15, -0.1) is 0 Å². The van der Waals surface area contributed by atoms with Gasteiger partial charge in [0.05, 0.1) is 6.26 Å². The fourth-order valence-electron chi connectivity index (χ4n) is 2.64. The summed E-state index contributed by atoms with van der Waals surface area (Å²) in [5.41, 5.74) is 4.79. The number of amides is 2. The lowest BCUT2D eigenvalue weighted by Gasteiger charge is -2.12. The number of carbonyl (C=O) groups is 2. The molecule has 0 bridgehead atoms. The Bertz CT molecular complexity index is 959. The molecule has 0 aliphatic heterocycles. The second-order valence-corrected chi connectivity index (χ2v) is 6.23. The highest BCUT2D eigenvalue weighted by Gasteiger charge is 2.13. The van der Waals surface area contributed by atoms with Gasteiger partial charge < -0.3 is 15.1 Å². The monoisotopic (exact) mass is 348 g/mol. The number of carbonyl (C=O) groups excluding carboxylic acids is 2. The zero-order valence-corrected chi connectivity index (χ0v) is 14.9. The molecule has 5 nitrogen and oxygen atoms in total. The minimum Gasteiger partial charge on any atom is -0.459 e. The SMILES string of the molecule is Cc1ccc(NC(=O)c2ccc(C)c(NC(=O)c3ccco3)c2)c(C)c1. The molecule has 2 aromatic carbocycles. The van der Waals surface area contributed by atoms with Crippen molar-refractivity contribution in [2.45, 2.75) is 20.8 Å². The van der Waals surface area contributed by atoms with Crippen molar-refractivity contribution in [3.8, 4) is 0 Å². The van der Waals surface area contributed by atoms with E-state index in [1.54, 1.807) is 30.3 Å². The molecule has 0 radical (unpaired) electrons. The van der Waals surface area contributed by atoms with Crippen LogP contribution in [0.5, 0.6) is 0 Å². The molecule has 0 unspecified atom stereocenters. The van der Waals surface area contributed by atoms with Crippen LogP contribution in [0.15, 0.2) is 59.2 Å². The molecule has 0 fully saturated rings. The molecule has 132 valence electrons. The molecule has 2 amide bonds. The lowest BCUT2D eigenvalue weighted by molar-refractivity contribution is 0.0993. The van der Waals surface area contributed by atoms with Crippen LogP contribution in [0.25, 0.3) is 0 Å². The first-order valence-electron chi connectivity index (χ1n) is 8.28. The van der Waals surface area contributed by atoms with Crippen LogP contribution in [-0.4, -0.2) is 11.8 Å². The summed E-state index contributed by atoms with van der Waals surface area (Å²) in [7, 11) is 0. The molecule has 0 aliphatic rings. The topological polar surface area (TPSA) is 71.3 Å². The van der Waals surface area contributed by atoms with E-state index in [2.05, 4.69) is 10.6 Å². The summed E-state index contributed by atoms with van der Waals surface area (Å²) in [5.74, 6) is -0.370. The molecule has 0 saturated carbocycles. The van der Waals surface area contributed by atoms with Crippen molar-refractivity contribution in [3.63, 3.8) is 0 Å². The van der Waals surface area contributed by atoms with E-state index in [1.165, 1.54) is 6.26 Å². The van der Waals surface area contributed by atoms with Crippen LogP contribution in [0.1, 0.15) is 37.6 Å². The number of hydrogen-bond donors (Lipinski definition) is 2. The fourth-order valence-corrected chi connectivity index (χ4v) is 2.64. The van der Waals surface area contributed by atoms with E-state index in [9.17, 15) is 9.59 Å². The first-order valence-corrected chi connectivity index (χ1v) is 8.28. The predicted molar refractivity (Wildman–Crippen MR) is 102 cm³/mol. The largest absolute Gasteiger partial charge is 0.459 e. The Morgan fingerprint density at radius 2 is 1.58 bits per heavy atom. The van der Waals surface area contributed by atoms with Gasteiger partial charge in [0.1, 0.15) is 0 Å². The molecular formula is C21H20N2O3. The number of furan rings is 1. The van der Waals surface area contributed by atoms with Crippen molar-refractivity contribution >= 4 is 23.2 Å². The quantitative estimate of drug-likeness (QED) is 0.717. The van der Waals surface area contributed by atoms with Gasteiger partial charge in [-0.3, -0.25) is 9.59 Å². The Balaban J connectivity index is 1.80. The highest BCUT2D eigenvalue weighted by Crippen LogP contribution is 2.21. The number of anilines is 2. The molecule has 1 heterocycles. The van der Waals surface area contributed by atoms with Gasteiger partial charge in [0.25, 0.3) is 11.8 Å². The van der Waals surface area contributed by atoms with Crippen LogP contribution in [-0.2, 0) is 0 Å². The third kappa shape index (κ3) is 3.83. The first kappa shape index (κ1) is 17.5. The third-order valence-electron chi connectivity index (χ3n) is 4.12. The molecule has 2 N–H and O–H groups in total. The van der Waals surface area contributed by atoms with Crippen LogP contribution < -0.4 is 10.6 Å². The van der Waals surface area contributed by atoms with Crippen LogP contribution >= 0.6 is 0 Å². The van der Waals surface area contributed by atoms with E-state index >= 15 is 0 Å². The average molecular weight is 348 g/mol. The maximum atomic E-state index is 12.6.